The van der Waals surface area contributed by atoms with Gasteiger partial charge in [0, 0.05) is 17.7 Å². The van der Waals surface area contributed by atoms with Gasteiger partial charge < -0.3 is 10.5 Å². The number of benzene rings is 1. The third-order valence-corrected chi connectivity index (χ3v) is 3.53. The molecule has 0 saturated carbocycles. The van der Waals surface area contributed by atoms with Gasteiger partial charge in [0.25, 0.3) is 0 Å². The number of rotatable bonds is 8. The highest BCUT2D eigenvalue weighted by Crippen LogP contribution is 2.24. The van der Waals surface area contributed by atoms with E-state index in [9.17, 15) is 0 Å². The average molecular weight is 284 g/mol. The quantitative estimate of drug-likeness (QED) is 0.709. The van der Waals surface area contributed by atoms with E-state index in [2.05, 4.69) is 20.8 Å². The van der Waals surface area contributed by atoms with Gasteiger partial charge in [-0.3, -0.25) is 0 Å². The lowest BCUT2D eigenvalue weighted by Crippen LogP contribution is -2.29. The zero-order valence-electron chi connectivity index (χ0n) is 12.2. The second-order valence-corrected chi connectivity index (χ2v) is 5.89. The van der Waals surface area contributed by atoms with Crippen molar-refractivity contribution in [3.63, 3.8) is 0 Å². The van der Waals surface area contributed by atoms with E-state index in [-0.39, 0.29) is 12.1 Å². The SMILES string of the molecule is CCC(N)C(OCCCC(C)C)c1ccc(Cl)cc1. The molecule has 0 bridgehead atoms. The second-order valence-electron chi connectivity index (χ2n) is 5.45. The summed E-state index contributed by atoms with van der Waals surface area (Å²) in [5, 5.41) is 0.743. The molecular weight excluding hydrogens is 258 g/mol. The average Bonchev–Trinajstić information content (AvgIpc) is 2.39. The molecule has 0 heterocycles. The van der Waals surface area contributed by atoms with Crippen LogP contribution in [0.25, 0.3) is 0 Å². The molecule has 2 unspecified atom stereocenters. The molecule has 0 fully saturated rings. The fraction of sp³-hybridized carbons (Fsp3) is 0.625. The standard InChI is InChI=1S/C16H26ClNO/c1-4-15(18)16(19-11-5-6-12(2)3)13-7-9-14(17)10-8-13/h7-10,12,15-16H,4-6,11,18H2,1-3H3. The van der Waals surface area contributed by atoms with Crippen molar-refractivity contribution < 1.29 is 4.74 Å². The minimum Gasteiger partial charge on any atom is -0.372 e. The first-order chi connectivity index (χ1) is 9.04. The van der Waals surface area contributed by atoms with Gasteiger partial charge in [-0.2, -0.15) is 0 Å². The summed E-state index contributed by atoms with van der Waals surface area (Å²) in [6, 6.07) is 7.82. The third-order valence-electron chi connectivity index (χ3n) is 3.28. The van der Waals surface area contributed by atoms with Crippen molar-refractivity contribution in [2.24, 2.45) is 11.7 Å². The molecule has 0 aliphatic rings. The van der Waals surface area contributed by atoms with E-state index in [1.807, 2.05) is 24.3 Å². The maximum absolute atomic E-state index is 6.17. The first-order valence-corrected chi connectivity index (χ1v) is 7.55. The lowest BCUT2D eigenvalue weighted by Gasteiger charge is -2.24. The molecule has 0 aromatic heterocycles. The Morgan fingerprint density at radius 2 is 1.84 bits per heavy atom. The Labute approximate surface area is 122 Å². The van der Waals surface area contributed by atoms with Gasteiger partial charge in [-0.1, -0.05) is 44.5 Å². The number of hydrogen-bond acceptors (Lipinski definition) is 2. The molecule has 108 valence electrons. The van der Waals surface area contributed by atoms with Crippen LogP contribution in [0.5, 0.6) is 0 Å². The van der Waals surface area contributed by atoms with Crippen LogP contribution in [0.1, 0.15) is 51.7 Å². The highest BCUT2D eigenvalue weighted by atomic mass is 35.5. The predicted octanol–water partition coefficient (Wildman–Crippen LogP) is 4.57. The fourth-order valence-corrected chi connectivity index (χ4v) is 2.16. The molecule has 2 atom stereocenters. The van der Waals surface area contributed by atoms with Crippen LogP contribution in [0, 0.1) is 5.92 Å². The molecule has 0 saturated heterocycles. The van der Waals surface area contributed by atoms with Crippen molar-refractivity contribution in [1.82, 2.24) is 0 Å². The van der Waals surface area contributed by atoms with Crippen LogP contribution < -0.4 is 5.73 Å². The van der Waals surface area contributed by atoms with Gasteiger partial charge in [0.2, 0.25) is 0 Å². The number of ether oxygens (including phenoxy) is 1. The molecule has 3 heteroatoms. The van der Waals surface area contributed by atoms with E-state index in [0.29, 0.717) is 0 Å². The Hall–Kier alpha value is -0.570. The molecule has 0 radical (unpaired) electrons. The normalized spacial score (nSPS) is 14.6. The first-order valence-electron chi connectivity index (χ1n) is 7.17. The van der Waals surface area contributed by atoms with Crippen molar-refractivity contribution in [1.29, 1.82) is 0 Å². The van der Waals surface area contributed by atoms with Crippen LogP contribution in [0.4, 0.5) is 0 Å². The summed E-state index contributed by atoms with van der Waals surface area (Å²) >= 11 is 5.92. The largest absolute Gasteiger partial charge is 0.372 e. The Bertz CT molecular complexity index is 350. The molecule has 2 nitrogen and oxygen atoms in total. The lowest BCUT2D eigenvalue weighted by molar-refractivity contribution is 0.0301. The van der Waals surface area contributed by atoms with Gasteiger partial charge in [-0.15, -0.1) is 0 Å². The van der Waals surface area contributed by atoms with Crippen LogP contribution in [-0.4, -0.2) is 12.6 Å². The van der Waals surface area contributed by atoms with Crippen molar-refractivity contribution in [2.75, 3.05) is 6.61 Å². The summed E-state index contributed by atoms with van der Waals surface area (Å²) in [6.45, 7) is 7.31. The number of hydrogen-bond donors (Lipinski definition) is 1. The van der Waals surface area contributed by atoms with Gasteiger partial charge in [0.05, 0.1) is 6.10 Å². The van der Waals surface area contributed by atoms with Gasteiger partial charge in [0.1, 0.15) is 0 Å². The van der Waals surface area contributed by atoms with Crippen molar-refractivity contribution >= 4 is 11.6 Å². The summed E-state index contributed by atoms with van der Waals surface area (Å²) in [6.07, 6.45) is 3.14. The summed E-state index contributed by atoms with van der Waals surface area (Å²) in [5.41, 5.74) is 7.29. The second kappa shape index (κ2) is 8.57. The Morgan fingerprint density at radius 1 is 1.21 bits per heavy atom. The maximum Gasteiger partial charge on any atom is 0.0975 e. The molecule has 1 rings (SSSR count). The highest BCUT2D eigenvalue weighted by molar-refractivity contribution is 6.30. The van der Waals surface area contributed by atoms with E-state index in [0.717, 1.165) is 36.0 Å². The van der Waals surface area contributed by atoms with Crippen LogP contribution in [0.3, 0.4) is 0 Å². The zero-order valence-corrected chi connectivity index (χ0v) is 13.0. The minimum atomic E-state index is -0.0329. The monoisotopic (exact) mass is 283 g/mol. The van der Waals surface area contributed by atoms with Crippen LogP contribution >= 0.6 is 11.6 Å². The molecule has 2 N–H and O–H groups in total. The first kappa shape index (κ1) is 16.5. The maximum atomic E-state index is 6.17. The molecule has 0 spiro atoms. The van der Waals surface area contributed by atoms with Crippen LogP contribution in [0.15, 0.2) is 24.3 Å². The number of halogens is 1. The Kier molecular flexibility index (Phi) is 7.44. The summed E-state index contributed by atoms with van der Waals surface area (Å²) in [4.78, 5) is 0. The molecular formula is C16H26ClNO. The van der Waals surface area contributed by atoms with E-state index >= 15 is 0 Å². The predicted molar refractivity (Wildman–Crippen MR) is 82.5 cm³/mol. The highest BCUT2D eigenvalue weighted by Gasteiger charge is 2.19. The summed E-state index contributed by atoms with van der Waals surface area (Å²) in [7, 11) is 0. The summed E-state index contributed by atoms with van der Waals surface area (Å²) < 4.78 is 6.00. The number of nitrogens with two attached hydrogens (primary N) is 1. The van der Waals surface area contributed by atoms with Gasteiger partial charge in [-0.25, -0.2) is 0 Å². The van der Waals surface area contributed by atoms with Crippen LogP contribution in [-0.2, 0) is 4.74 Å². The van der Waals surface area contributed by atoms with Gasteiger partial charge >= 0.3 is 0 Å². The van der Waals surface area contributed by atoms with E-state index < -0.39 is 0 Å². The van der Waals surface area contributed by atoms with E-state index in [4.69, 9.17) is 22.1 Å². The molecule has 1 aromatic rings. The smallest absolute Gasteiger partial charge is 0.0975 e. The molecule has 0 amide bonds. The molecule has 0 aliphatic carbocycles. The van der Waals surface area contributed by atoms with E-state index in [1.165, 1.54) is 6.42 Å². The topological polar surface area (TPSA) is 35.2 Å². The third kappa shape index (κ3) is 5.94. The molecule has 1 aromatic carbocycles. The minimum absolute atomic E-state index is 0.0280. The van der Waals surface area contributed by atoms with Crippen molar-refractivity contribution in [3.8, 4) is 0 Å². The Morgan fingerprint density at radius 3 is 2.37 bits per heavy atom. The van der Waals surface area contributed by atoms with Crippen molar-refractivity contribution in [2.45, 2.75) is 52.2 Å². The fourth-order valence-electron chi connectivity index (χ4n) is 2.04. The van der Waals surface area contributed by atoms with E-state index in [1.54, 1.807) is 0 Å². The summed E-state index contributed by atoms with van der Waals surface area (Å²) in [5.74, 6) is 0.720. The van der Waals surface area contributed by atoms with Crippen molar-refractivity contribution in [3.05, 3.63) is 34.9 Å². The van der Waals surface area contributed by atoms with Crippen LogP contribution in [0.2, 0.25) is 5.02 Å². The van der Waals surface area contributed by atoms with Gasteiger partial charge in [-0.05, 0) is 42.9 Å². The molecule has 19 heavy (non-hydrogen) atoms. The lowest BCUT2D eigenvalue weighted by atomic mass is 10.0. The van der Waals surface area contributed by atoms with Gasteiger partial charge in [0.15, 0.2) is 0 Å². The zero-order chi connectivity index (χ0) is 14.3. The molecule has 0 aliphatic heterocycles. The Balaban J connectivity index is 2.59.